The van der Waals surface area contributed by atoms with Crippen LogP contribution in [0.5, 0.6) is 0 Å². The SMILES string of the molecule is Cn1ccnc1C(=O)C[C@@H](CC(=O)c1ccc(Cl)cc1)c1ccccc1. The Morgan fingerprint density at radius 3 is 2.27 bits per heavy atom. The fourth-order valence-electron chi connectivity index (χ4n) is 2.96. The molecule has 0 saturated carbocycles. The minimum Gasteiger partial charge on any atom is -0.332 e. The number of hydrogen-bond acceptors (Lipinski definition) is 3. The van der Waals surface area contributed by atoms with Gasteiger partial charge in [-0.1, -0.05) is 41.9 Å². The predicted octanol–water partition coefficient (Wildman–Crippen LogP) is 4.70. The van der Waals surface area contributed by atoms with Crippen molar-refractivity contribution in [3.05, 3.63) is 89.0 Å². The van der Waals surface area contributed by atoms with Crippen LogP contribution in [0.2, 0.25) is 5.02 Å². The average molecular weight is 367 g/mol. The number of imidazole rings is 1. The van der Waals surface area contributed by atoms with Gasteiger partial charge >= 0.3 is 0 Å². The van der Waals surface area contributed by atoms with Crippen LogP contribution in [0.1, 0.15) is 45.3 Å². The highest BCUT2D eigenvalue weighted by Crippen LogP contribution is 2.27. The molecule has 0 bridgehead atoms. The Morgan fingerprint density at radius 1 is 1.00 bits per heavy atom. The van der Waals surface area contributed by atoms with Crippen molar-refractivity contribution in [3.8, 4) is 0 Å². The van der Waals surface area contributed by atoms with Crippen LogP contribution in [0, 0.1) is 0 Å². The van der Waals surface area contributed by atoms with Gasteiger partial charge in [-0.15, -0.1) is 0 Å². The summed E-state index contributed by atoms with van der Waals surface area (Å²) >= 11 is 5.89. The van der Waals surface area contributed by atoms with Crippen molar-refractivity contribution >= 4 is 23.2 Å². The van der Waals surface area contributed by atoms with Crippen LogP contribution >= 0.6 is 11.6 Å². The third-order valence-corrected chi connectivity index (χ3v) is 4.62. The first-order valence-electron chi connectivity index (χ1n) is 8.39. The quantitative estimate of drug-likeness (QED) is 0.569. The summed E-state index contributed by atoms with van der Waals surface area (Å²) in [6.45, 7) is 0. The van der Waals surface area contributed by atoms with E-state index in [0.29, 0.717) is 16.4 Å². The summed E-state index contributed by atoms with van der Waals surface area (Å²) in [6, 6.07) is 16.5. The molecule has 0 fully saturated rings. The van der Waals surface area contributed by atoms with Gasteiger partial charge in [0.2, 0.25) is 0 Å². The molecule has 0 spiro atoms. The molecular formula is C21H19ClN2O2. The number of carbonyl (C=O) groups excluding carboxylic acids is 2. The maximum absolute atomic E-state index is 12.7. The third-order valence-electron chi connectivity index (χ3n) is 4.37. The molecule has 5 heteroatoms. The number of benzene rings is 2. The number of aryl methyl sites for hydroxylation is 1. The van der Waals surface area contributed by atoms with Gasteiger partial charge in [-0.05, 0) is 35.7 Å². The minimum atomic E-state index is -0.205. The first-order valence-corrected chi connectivity index (χ1v) is 8.76. The molecule has 0 aliphatic rings. The van der Waals surface area contributed by atoms with Crippen molar-refractivity contribution in [1.29, 1.82) is 0 Å². The fourth-order valence-corrected chi connectivity index (χ4v) is 3.09. The summed E-state index contributed by atoms with van der Waals surface area (Å²) < 4.78 is 1.70. The Hall–Kier alpha value is -2.72. The zero-order valence-corrected chi connectivity index (χ0v) is 15.2. The molecule has 4 nitrogen and oxygen atoms in total. The summed E-state index contributed by atoms with van der Waals surface area (Å²) in [7, 11) is 1.79. The van der Waals surface area contributed by atoms with Gasteiger partial charge in [0, 0.05) is 42.9 Å². The average Bonchev–Trinajstić information content (AvgIpc) is 3.08. The zero-order valence-electron chi connectivity index (χ0n) is 14.4. The summed E-state index contributed by atoms with van der Waals surface area (Å²) in [5, 5.41) is 0.589. The lowest BCUT2D eigenvalue weighted by atomic mass is 9.87. The predicted molar refractivity (Wildman–Crippen MR) is 102 cm³/mol. The largest absolute Gasteiger partial charge is 0.332 e. The second-order valence-electron chi connectivity index (χ2n) is 6.23. The highest BCUT2D eigenvalue weighted by molar-refractivity contribution is 6.30. The van der Waals surface area contributed by atoms with E-state index in [4.69, 9.17) is 11.6 Å². The molecule has 3 rings (SSSR count). The van der Waals surface area contributed by atoms with Crippen molar-refractivity contribution in [2.24, 2.45) is 7.05 Å². The van der Waals surface area contributed by atoms with Gasteiger partial charge in [-0.25, -0.2) is 4.98 Å². The highest BCUT2D eigenvalue weighted by atomic mass is 35.5. The molecule has 1 aromatic heterocycles. The lowest BCUT2D eigenvalue weighted by Gasteiger charge is -2.16. The molecule has 0 amide bonds. The number of carbonyl (C=O) groups is 2. The Labute approximate surface area is 157 Å². The van der Waals surface area contributed by atoms with E-state index in [0.717, 1.165) is 5.56 Å². The van der Waals surface area contributed by atoms with Crippen molar-refractivity contribution in [2.45, 2.75) is 18.8 Å². The van der Waals surface area contributed by atoms with Crippen LogP contribution in [0.4, 0.5) is 0 Å². The molecule has 0 radical (unpaired) electrons. The molecule has 1 heterocycles. The first kappa shape index (κ1) is 18.1. The number of halogens is 1. The normalized spacial score (nSPS) is 11.9. The van der Waals surface area contributed by atoms with E-state index >= 15 is 0 Å². The van der Waals surface area contributed by atoms with Crippen molar-refractivity contribution in [3.63, 3.8) is 0 Å². The second-order valence-corrected chi connectivity index (χ2v) is 6.67. The van der Waals surface area contributed by atoms with Gasteiger partial charge < -0.3 is 4.57 Å². The number of nitrogens with zero attached hydrogens (tertiary/aromatic N) is 2. The van der Waals surface area contributed by atoms with E-state index in [1.165, 1.54) is 0 Å². The molecule has 1 atom stereocenters. The van der Waals surface area contributed by atoms with Crippen LogP contribution in [-0.4, -0.2) is 21.1 Å². The summed E-state index contributed by atoms with van der Waals surface area (Å²) in [5.74, 6) is 0.117. The number of aromatic nitrogens is 2. The first-order chi connectivity index (χ1) is 12.5. The van der Waals surface area contributed by atoms with Crippen LogP contribution in [-0.2, 0) is 7.05 Å². The minimum absolute atomic E-state index is 0.0110. The van der Waals surface area contributed by atoms with Crippen LogP contribution < -0.4 is 0 Å². The zero-order chi connectivity index (χ0) is 18.5. The van der Waals surface area contributed by atoms with E-state index in [1.54, 1.807) is 48.3 Å². The summed E-state index contributed by atoms with van der Waals surface area (Å²) in [4.78, 5) is 29.5. The summed E-state index contributed by atoms with van der Waals surface area (Å²) in [6.07, 6.45) is 3.82. The fraction of sp³-hybridized carbons (Fsp3) is 0.190. The van der Waals surface area contributed by atoms with Gasteiger partial charge in [-0.3, -0.25) is 9.59 Å². The van der Waals surface area contributed by atoms with Crippen LogP contribution in [0.25, 0.3) is 0 Å². The molecule has 0 N–H and O–H groups in total. The van der Waals surface area contributed by atoms with E-state index < -0.39 is 0 Å². The maximum Gasteiger partial charge on any atom is 0.198 e. The molecule has 2 aromatic carbocycles. The van der Waals surface area contributed by atoms with Gasteiger partial charge in [0.15, 0.2) is 17.4 Å². The molecule has 0 aliphatic carbocycles. The summed E-state index contributed by atoms with van der Waals surface area (Å²) in [5.41, 5.74) is 1.57. The Bertz CT molecular complexity index is 901. The molecule has 0 unspecified atom stereocenters. The van der Waals surface area contributed by atoms with Crippen molar-refractivity contribution in [2.75, 3.05) is 0 Å². The van der Waals surface area contributed by atoms with Crippen LogP contribution in [0.3, 0.4) is 0 Å². The Balaban J connectivity index is 1.82. The topological polar surface area (TPSA) is 52.0 Å². The third kappa shape index (κ3) is 4.27. The van der Waals surface area contributed by atoms with Crippen molar-refractivity contribution < 1.29 is 9.59 Å². The maximum atomic E-state index is 12.7. The van der Waals surface area contributed by atoms with E-state index in [2.05, 4.69) is 4.98 Å². The lowest BCUT2D eigenvalue weighted by Crippen LogP contribution is -2.15. The van der Waals surface area contributed by atoms with Crippen LogP contribution in [0.15, 0.2) is 67.0 Å². The highest BCUT2D eigenvalue weighted by Gasteiger charge is 2.23. The van der Waals surface area contributed by atoms with E-state index in [9.17, 15) is 9.59 Å². The van der Waals surface area contributed by atoms with Gasteiger partial charge in [-0.2, -0.15) is 0 Å². The number of ketones is 2. The lowest BCUT2D eigenvalue weighted by molar-refractivity contribution is 0.0937. The molecule has 26 heavy (non-hydrogen) atoms. The monoisotopic (exact) mass is 366 g/mol. The Morgan fingerprint density at radius 2 is 1.65 bits per heavy atom. The van der Waals surface area contributed by atoms with Gasteiger partial charge in [0.25, 0.3) is 0 Å². The molecule has 3 aromatic rings. The van der Waals surface area contributed by atoms with E-state index in [-0.39, 0.29) is 30.3 Å². The standard InChI is InChI=1S/C21H19ClN2O2/c1-24-12-11-23-21(24)20(26)14-17(15-5-3-2-4-6-15)13-19(25)16-7-9-18(22)10-8-16/h2-12,17H,13-14H2,1H3/t17-/m1/s1. The van der Waals surface area contributed by atoms with E-state index in [1.807, 2.05) is 30.3 Å². The Kier molecular flexibility index (Phi) is 5.64. The second kappa shape index (κ2) is 8.11. The molecule has 0 aliphatic heterocycles. The molecular weight excluding hydrogens is 348 g/mol. The smallest absolute Gasteiger partial charge is 0.198 e. The van der Waals surface area contributed by atoms with Gasteiger partial charge in [0.05, 0.1) is 0 Å². The number of rotatable bonds is 7. The molecule has 0 saturated heterocycles. The van der Waals surface area contributed by atoms with Crippen molar-refractivity contribution in [1.82, 2.24) is 9.55 Å². The number of hydrogen-bond donors (Lipinski definition) is 0. The molecule has 132 valence electrons. The van der Waals surface area contributed by atoms with Gasteiger partial charge in [0.1, 0.15) is 0 Å². The number of Topliss-reactive ketones (excluding diaryl/α,β-unsaturated/α-hetero) is 2.